The molecule has 3 aromatic rings. The number of benzene rings is 3. The van der Waals surface area contributed by atoms with E-state index in [1.807, 2.05) is 48.5 Å². The molecule has 0 radical (unpaired) electrons. The maximum Gasteiger partial charge on any atom is 0.534 e. The number of carbonyl (C=O) groups is 4. The van der Waals surface area contributed by atoms with Crippen molar-refractivity contribution >= 4 is 29.8 Å². The summed E-state index contributed by atoms with van der Waals surface area (Å²) < 4.78 is 15.8. The second-order valence-corrected chi connectivity index (χ2v) is 9.37. The van der Waals surface area contributed by atoms with E-state index in [9.17, 15) is 29.3 Å². The molecule has 13 heteroatoms. The van der Waals surface area contributed by atoms with Gasteiger partial charge in [-0.25, -0.2) is 9.59 Å². The van der Waals surface area contributed by atoms with E-state index in [1.165, 1.54) is 12.1 Å². The second kappa shape index (κ2) is 12.4. The maximum atomic E-state index is 12.3. The summed E-state index contributed by atoms with van der Waals surface area (Å²) in [4.78, 5) is 62.7. The SMILES string of the molecule is O=C(NCCOc1ccc(COC(=O)ON2C(=O)CCC2=O)cc1[N+](=O)[O-])OCC1c2ccccc2-c2ccccc21. The van der Waals surface area contributed by atoms with Gasteiger partial charge in [0, 0.05) is 24.8 Å². The van der Waals surface area contributed by atoms with Crippen LogP contribution in [0.25, 0.3) is 11.1 Å². The summed E-state index contributed by atoms with van der Waals surface area (Å²) in [5, 5.41) is 14.5. The van der Waals surface area contributed by atoms with Crippen molar-refractivity contribution in [1.82, 2.24) is 10.4 Å². The number of ether oxygens (including phenoxy) is 3. The number of nitrogens with zero attached hydrogens (tertiary/aromatic N) is 2. The Balaban J connectivity index is 1.08. The van der Waals surface area contributed by atoms with Crippen LogP contribution in [0.3, 0.4) is 0 Å². The van der Waals surface area contributed by atoms with Crippen molar-refractivity contribution in [1.29, 1.82) is 0 Å². The van der Waals surface area contributed by atoms with Gasteiger partial charge in [0.2, 0.25) is 0 Å². The fraction of sp³-hybridized carbons (Fsp3) is 0.241. The molecular weight excluding hydrogens is 550 g/mol. The molecular formula is C29H25N3O10. The van der Waals surface area contributed by atoms with Crippen molar-refractivity contribution in [2.24, 2.45) is 0 Å². The first-order valence-corrected chi connectivity index (χ1v) is 13.0. The molecule has 0 unspecified atom stereocenters. The Bertz CT molecular complexity index is 1490. The van der Waals surface area contributed by atoms with Crippen LogP contribution >= 0.6 is 0 Å². The van der Waals surface area contributed by atoms with E-state index in [0.717, 1.165) is 28.3 Å². The first-order valence-electron chi connectivity index (χ1n) is 13.0. The minimum Gasteiger partial charge on any atom is -0.485 e. The third kappa shape index (κ3) is 6.14. The molecule has 5 rings (SSSR count). The van der Waals surface area contributed by atoms with Crippen molar-refractivity contribution in [3.8, 4) is 16.9 Å². The van der Waals surface area contributed by atoms with Crippen LogP contribution < -0.4 is 10.1 Å². The Morgan fingerprint density at radius 3 is 2.21 bits per heavy atom. The molecule has 0 spiro atoms. The van der Waals surface area contributed by atoms with Crippen LogP contribution in [0.2, 0.25) is 0 Å². The van der Waals surface area contributed by atoms with Gasteiger partial charge in [0.05, 0.1) is 11.5 Å². The summed E-state index contributed by atoms with van der Waals surface area (Å²) in [6, 6.07) is 19.9. The van der Waals surface area contributed by atoms with Crippen LogP contribution in [-0.2, 0) is 30.5 Å². The molecule has 0 saturated carbocycles. The van der Waals surface area contributed by atoms with Gasteiger partial charge in [-0.1, -0.05) is 59.7 Å². The Kier molecular flexibility index (Phi) is 8.27. The monoisotopic (exact) mass is 575 g/mol. The lowest BCUT2D eigenvalue weighted by Crippen LogP contribution is -2.32. The molecule has 1 N–H and O–H groups in total. The van der Waals surface area contributed by atoms with Crippen LogP contribution in [0, 0.1) is 10.1 Å². The lowest BCUT2D eigenvalue weighted by molar-refractivity contribution is -0.385. The summed E-state index contributed by atoms with van der Waals surface area (Å²) in [7, 11) is 0. The first-order chi connectivity index (χ1) is 20.3. The Morgan fingerprint density at radius 1 is 0.929 bits per heavy atom. The van der Waals surface area contributed by atoms with E-state index >= 15 is 0 Å². The average Bonchev–Trinajstić information content (AvgIpc) is 3.49. The van der Waals surface area contributed by atoms with E-state index in [-0.39, 0.29) is 49.8 Å². The number of rotatable bonds is 10. The molecule has 2 aliphatic rings. The highest BCUT2D eigenvalue weighted by Crippen LogP contribution is 2.44. The number of hydroxylamine groups is 2. The maximum absolute atomic E-state index is 12.3. The molecule has 0 bridgehead atoms. The predicted molar refractivity (Wildman–Crippen MR) is 144 cm³/mol. The summed E-state index contributed by atoms with van der Waals surface area (Å²) in [5.41, 5.74) is 4.25. The highest BCUT2D eigenvalue weighted by molar-refractivity contribution is 6.01. The lowest BCUT2D eigenvalue weighted by atomic mass is 9.98. The van der Waals surface area contributed by atoms with Crippen LogP contribution in [0.1, 0.15) is 35.4 Å². The first kappa shape index (κ1) is 28.1. The molecule has 13 nitrogen and oxygen atoms in total. The standard InChI is InChI=1S/C29H25N3O10/c33-26-11-12-27(34)31(26)42-29(36)41-16-18-9-10-25(24(15-18)32(37)38)39-14-13-30-28(35)40-17-23-21-7-3-1-5-19(21)20-6-2-4-8-22(20)23/h1-10,15,23H,11-14,16-17H2,(H,30,35). The number of fused-ring (bicyclic) bond motifs is 3. The summed E-state index contributed by atoms with van der Waals surface area (Å²) >= 11 is 0. The number of hydrogen-bond acceptors (Lipinski definition) is 10. The molecule has 1 fully saturated rings. The number of carbonyl (C=O) groups excluding carboxylic acids is 4. The minimum absolute atomic E-state index is 0.0263. The zero-order valence-corrected chi connectivity index (χ0v) is 22.1. The van der Waals surface area contributed by atoms with Crippen molar-refractivity contribution < 1.29 is 43.1 Å². The van der Waals surface area contributed by atoms with Gasteiger partial charge < -0.3 is 19.5 Å². The van der Waals surface area contributed by atoms with Crippen molar-refractivity contribution in [2.45, 2.75) is 25.4 Å². The third-order valence-corrected chi connectivity index (χ3v) is 6.72. The Labute approximate surface area is 239 Å². The van der Waals surface area contributed by atoms with Crippen LogP contribution in [0.5, 0.6) is 5.75 Å². The molecule has 1 heterocycles. The topological polar surface area (TPSA) is 164 Å². The zero-order chi connectivity index (χ0) is 29.6. The van der Waals surface area contributed by atoms with Gasteiger partial charge in [0.1, 0.15) is 19.8 Å². The molecule has 1 aliphatic heterocycles. The van der Waals surface area contributed by atoms with Gasteiger partial charge >= 0.3 is 17.9 Å². The van der Waals surface area contributed by atoms with Crippen molar-refractivity contribution in [3.05, 3.63) is 93.5 Å². The Morgan fingerprint density at radius 2 is 1.57 bits per heavy atom. The van der Waals surface area contributed by atoms with E-state index in [4.69, 9.17) is 14.2 Å². The number of nitro groups is 1. The second-order valence-electron chi connectivity index (χ2n) is 9.37. The summed E-state index contributed by atoms with van der Waals surface area (Å²) in [5.74, 6) is -1.48. The fourth-order valence-corrected chi connectivity index (χ4v) is 4.78. The van der Waals surface area contributed by atoms with Crippen LogP contribution in [0.4, 0.5) is 15.3 Å². The van der Waals surface area contributed by atoms with Gasteiger partial charge in [0.25, 0.3) is 11.8 Å². The zero-order valence-electron chi connectivity index (χ0n) is 22.1. The molecule has 1 aliphatic carbocycles. The Hall–Kier alpha value is -5.46. The molecule has 0 atom stereocenters. The van der Waals surface area contributed by atoms with Crippen molar-refractivity contribution in [3.63, 3.8) is 0 Å². The van der Waals surface area contributed by atoms with Gasteiger partial charge in [-0.3, -0.25) is 24.5 Å². The van der Waals surface area contributed by atoms with Gasteiger partial charge in [-0.15, -0.1) is 0 Å². The molecule has 216 valence electrons. The van der Waals surface area contributed by atoms with E-state index in [0.29, 0.717) is 5.06 Å². The van der Waals surface area contributed by atoms with Gasteiger partial charge in [-0.05, 0) is 33.9 Å². The number of nitro benzene ring substituents is 1. The minimum atomic E-state index is -1.30. The van der Waals surface area contributed by atoms with Crippen LogP contribution in [-0.4, -0.2) is 53.8 Å². The highest BCUT2D eigenvalue weighted by Gasteiger charge is 2.33. The number of hydrogen-bond donors (Lipinski definition) is 1. The molecule has 3 aromatic carbocycles. The fourth-order valence-electron chi connectivity index (χ4n) is 4.78. The van der Waals surface area contributed by atoms with Crippen LogP contribution in [0.15, 0.2) is 66.7 Å². The van der Waals surface area contributed by atoms with Crippen molar-refractivity contribution in [2.75, 3.05) is 19.8 Å². The third-order valence-electron chi connectivity index (χ3n) is 6.72. The molecule has 0 aromatic heterocycles. The predicted octanol–water partition coefficient (Wildman–Crippen LogP) is 4.23. The molecule has 1 saturated heterocycles. The number of nitrogens with one attached hydrogen (secondary N) is 1. The molecule has 3 amide bonds. The van der Waals surface area contributed by atoms with Gasteiger partial charge in [-0.2, -0.15) is 0 Å². The summed E-state index contributed by atoms with van der Waals surface area (Å²) in [6.45, 7) is -0.322. The number of alkyl carbamates (subject to hydrolysis) is 1. The number of amides is 3. The average molecular weight is 576 g/mol. The van der Waals surface area contributed by atoms with Gasteiger partial charge in [0.15, 0.2) is 5.75 Å². The largest absolute Gasteiger partial charge is 0.534 e. The smallest absolute Gasteiger partial charge is 0.485 e. The number of imide groups is 1. The van der Waals surface area contributed by atoms with E-state index in [1.54, 1.807) is 0 Å². The summed E-state index contributed by atoms with van der Waals surface area (Å²) in [6.07, 6.45) is -2.09. The van der Waals surface area contributed by atoms with E-state index in [2.05, 4.69) is 10.2 Å². The highest BCUT2D eigenvalue weighted by atomic mass is 16.8. The lowest BCUT2D eigenvalue weighted by Gasteiger charge is -2.15. The normalized spacial score (nSPS) is 13.8. The van der Waals surface area contributed by atoms with E-state index < -0.39 is 41.3 Å². The molecule has 42 heavy (non-hydrogen) atoms. The quantitative estimate of drug-likeness (QED) is 0.122.